The van der Waals surface area contributed by atoms with Gasteiger partial charge in [-0.3, -0.25) is 4.79 Å². The van der Waals surface area contributed by atoms with Crippen molar-refractivity contribution in [2.45, 2.75) is 43.7 Å². The van der Waals surface area contributed by atoms with E-state index in [0.29, 0.717) is 17.8 Å². The maximum atomic E-state index is 13.9. The summed E-state index contributed by atoms with van der Waals surface area (Å²) in [4.78, 5) is 17.1. The molecule has 24 heavy (non-hydrogen) atoms. The molecule has 4 rings (SSSR count). The number of carbonyl (C=O) groups excluding carboxylic acids is 1. The van der Waals surface area contributed by atoms with Gasteiger partial charge in [-0.1, -0.05) is 12.1 Å². The number of hydrogen-bond donors (Lipinski definition) is 1. The SMILES string of the molecule is CN1CCC(C(=O)NC2CCN(c3ccccc3F)C2)CC12CC2. The standard InChI is InChI=1S/C19H26FN3O/c1-22-10-6-14(12-19(22)8-9-19)18(24)21-15-7-11-23(13-15)17-5-3-2-4-16(17)20/h2-5,14-15H,6-13H2,1H3,(H,21,24). The second-order valence-electron chi connectivity index (χ2n) is 7.73. The van der Waals surface area contributed by atoms with Gasteiger partial charge in [-0.15, -0.1) is 0 Å². The minimum atomic E-state index is -0.185. The Hall–Kier alpha value is -1.62. The number of hydrogen-bond acceptors (Lipinski definition) is 3. The molecule has 1 aromatic carbocycles. The molecule has 130 valence electrons. The first-order valence-corrected chi connectivity index (χ1v) is 9.08. The molecule has 1 N–H and O–H groups in total. The summed E-state index contributed by atoms with van der Waals surface area (Å²) in [5.41, 5.74) is 0.959. The molecule has 5 heteroatoms. The Morgan fingerprint density at radius 3 is 2.79 bits per heavy atom. The Kier molecular flexibility index (Phi) is 3.99. The van der Waals surface area contributed by atoms with Crippen LogP contribution in [-0.2, 0) is 4.79 Å². The van der Waals surface area contributed by atoms with E-state index in [1.165, 1.54) is 18.9 Å². The molecule has 1 spiro atoms. The number of nitrogens with zero attached hydrogens (tertiary/aromatic N) is 2. The number of likely N-dealkylation sites (tertiary alicyclic amines) is 1. The fourth-order valence-corrected chi connectivity index (χ4v) is 4.38. The lowest BCUT2D eigenvalue weighted by Gasteiger charge is -2.37. The molecule has 0 radical (unpaired) electrons. The van der Waals surface area contributed by atoms with Crippen LogP contribution in [0.2, 0.25) is 0 Å². The van der Waals surface area contributed by atoms with Crippen LogP contribution in [0.1, 0.15) is 32.1 Å². The largest absolute Gasteiger partial charge is 0.367 e. The number of benzene rings is 1. The predicted molar refractivity (Wildman–Crippen MR) is 92.5 cm³/mol. The molecule has 1 saturated carbocycles. The second kappa shape index (κ2) is 6.03. The molecular weight excluding hydrogens is 305 g/mol. The van der Waals surface area contributed by atoms with Gasteiger partial charge in [-0.05, 0) is 57.8 Å². The first-order valence-electron chi connectivity index (χ1n) is 9.08. The van der Waals surface area contributed by atoms with Crippen molar-refractivity contribution in [3.63, 3.8) is 0 Å². The van der Waals surface area contributed by atoms with Crippen molar-refractivity contribution >= 4 is 11.6 Å². The van der Waals surface area contributed by atoms with E-state index in [2.05, 4.69) is 17.3 Å². The first-order chi connectivity index (χ1) is 11.6. The zero-order valence-electron chi connectivity index (χ0n) is 14.3. The average molecular weight is 331 g/mol. The summed E-state index contributed by atoms with van der Waals surface area (Å²) >= 11 is 0. The van der Waals surface area contributed by atoms with Crippen LogP contribution in [-0.4, -0.2) is 49.1 Å². The van der Waals surface area contributed by atoms with Crippen LogP contribution in [0, 0.1) is 11.7 Å². The van der Waals surface area contributed by atoms with Crippen molar-refractivity contribution < 1.29 is 9.18 Å². The van der Waals surface area contributed by atoms with Crippen LogP contribution >= 0.6 is 0 Å². The number of carbonyl (C=O) groups is 1. The van der Waals surface area contributed by atoms with Crippen LogP contribution in [0.5, 0.6) is 0 Å². The third-order valence-electron chi connectivity index (χ3n) is 6.17. The third-order valence-corrected chi connectivity index (χ3v) is 6.17. The molecule has 3 fully saturated rings. The minimum Gasteiger partial charge on any atom is -0.367 e. The molecule has 3 aliphatic rings. The number of amides is 1. The van der Waals surface area contributed by atoms with Gasteiger partial charge in [0, 0.05) is 30.6 Å². The van der Waals surface area contributed by atoms with Crippen LogP contribution in [0.4, 0.5) is 10.1 Å². The van der Waals surface area contributed by atoms with Crippen LogP contribution < -0.4 is 10.2 Å². The Bertz CT molecular complexity index is 631. The van der Waals surface area contributed by atoms with Crippen molar-refractivity contribution in [1.29, 1.82) is 0 Å². The van der Waals surface area contributed by atoms with E-state index >= 15 is 0 Å². The van der Waals surface area contributed by atoms with Crippen molar-refractivity contribution in [2.75, 3.05) is 31.6 Å². The smallest absolute Gasteiger partial charge is 0.223 e. The van der Waals surface area contributed by atoms with Gasteiger partial charge in [0.2, 0.25) is 5.91 Å². The topological polar surface area (TPSA) is 35.6 Å². The van der Waals surface area contributed by atoms with Crippen molar-refractivity contribution in [3.05, 3.63) is 30.1 Å². The van der Waals surface area contributed by atoms with Gasteiger partial charge in [0.1, 0.15) is 5.82 Å². The predicted octanol–water partition coefficient (Wildman–Crippen LogP) is 2.40. The number of rotatable bonds is 3. The minimum absolute atomic E-state index is 0.131. The molecule has 2 aliphatic heterocycles. The summed E-state index contributed by atoms with van der Waals surface area (Å²) in [6, 6.07) is 7.01. The fraction of sp³-hybridized carbons (Fsp3) is 0.632. The molecule has 4 nitrogen and oxygen atoms in total. The van der Waals surface area contributed by atoms with E-state index in [0.717, 1.165) is 32.4 Å². The first kappa shape index (κ1) is 15.9. The molecular formula is C19H26FN3O. The maximum Gasteiger partial charge on any atom is 0.223 e. The van der Waals surface area contributed by atoms with E-state index in [1.54, 1.807) is 6.07 Å². The number of nitrogens with one attached hydrogen (secondary N) is 1. The zero-order chi connectivity index (χ0) is 16.7. The Morgan fingerprint density at radius 2 is 2.04 bits per heavy atom. The van der Waals surface area contributed by atoms with Gasteiger partial charge >= 0.3 is 0 Å². The normalized spacial score (nSPS) is 29.0. The highest BCUT2D eigenvalue weighted by molar-refractivity contribution is 5.79. The van der Waals surface area contributed by atoms with Gasteiger partial charge in [-0.2, -0.15) is 0 Å². The van der Waals surface area contributed by atoms with Crippen LogP contribution in [0.15, 0.2) is 24.3 Å². The molecule has 0 bridgehead atoms. The van der Waals surface area contributed by atoms with E-state index in [1.807, 2.05) is 17.0 Å². The van der Waals surface area contributed by atoms with Gasteiger partial charge in [0.05, 0.1) is 5.69 Å². The van der Waals surface area contributed by atoms with Gasteiger partial charge in [0.25, 0.3) is 0 Å². The summed E-state index contributed by atoms with van der Waals surface area (Å²) in [6.07, 6.45) is 5.31. The highest BCUT2D eigenvalue weighted by Crippen LogP contribution is 2.49. The number of anilines is 1. The maximum absolute atomic E-state index is 13.9. The molecule has 0 aromatic heterocycles. The summed E-state index contributed by atoms with van der Waals surface area (Å²) in [5, 5.41) is 3.23. The van der Waals surface area contributed by atoms with Crippen LogP contribution in [0.3, 0.4) is 0 Å². The molecule has 1 aliphatic carbocycles. The van der Waals surface area contributed by atoms with Crippen molar-refractivity contribution in [3.8, 4) is 0 Å². The van der Waals surface area contributed by atoms with Crippen molar-refractivity contribution in [1.82, 2.24) is 10.2 Å². The molecule has 1 aromatic rings. The lowest BCUT2D eigenvalue weighted by atomic mass is 9.88. The Balaban J connectivity index is 1.33. The summed E-state index contributed by atoms with van der Waals surface area (Å²) in [6.45, 7) is 2.51. The fourth-order valence-electron chi connectivity index (χ4n) is 4.38. The molecule has 1 amide bonds. The molecule has 2 heterocycles. The number of piperidine rings is 1. The summed E-state index contributed by atoms with van der Waals surface area (Å²) < 4.78 is 13.9. The van der Waals surface area contributed by atoms with E-state index in [-0.39, 0.29) is 23.7 Å². The van der Waals surface area contributed by atoms with Crippen LogP contribution in [0.25, 0.3) is 0 Å². The van der Waals surface area contributed by atoms with Gasteiger partial charge < -0.3 is 15.1 Å². The van der Waals surface area contributed by atoms with E-state index < -0.39 is 0 Å². The molecule has 2 unspecified atom stereocenters. The molecule has 2 atom stereocenters. The van der Waals surface area contributed by atoms with Gasteiger partial charge in [0.15, 0.2) is 0 Å². The second-order valence-corrected chi connectivity index (χ2v) is 7.73. The average Bonchev–Trinajstić information content (AvgIpc) is 3.20. The van der Waals surface area contributed by atoms with E-state index in [9.17, 15) is 9.18 Å². The Labute approximate surface area is 143 Å². The summed E-state index contributed by atoms with van der Waals surface area (Å²) in [7, 11) is 2.18. The quantitative estimate of drug-likeness (QED) is 0.924. The third kappa shape index (κ3) is 2.90. The lowest BCUT2D eigenvalue weighted by Crippen LogP contribution is -2.48. The molecule has 2 saturated heterocycles. The summed E-state index contributed by atoms with van der Waals surface area (Å²) in [5.74, 6) is 0.163. The monoisotopic (exact) mass is 331 g/mol. The van der Waals surface area contributed by atoms with Crippen molar-refractivity contribution in [2.24, 2.45) is 5.92 Å². The lowest BCUT2D eigenvalue weighted by molar-refractivity contribution is -0.127. The van der Waals surface area contributed by atoms with Gasteiger partial charge in [-0.25, -0.2) is 4.39 Å². The number of halogens is 1. The Morgan fingerprint density at radius 1 is 1.25 bits per heavy atom. The highest BCUT2D eigenvalue weighted by atomic mass is 19.1. The zero-order valence-corrected chi connectivity index (χ0v) is 14.3. The highest BCUT2D eigenvalue weighted by Gasteiger charge is 2.51. The number of para-hydroxylation sites is 1. The van der Waals surface area contributed by atoms with E-state index in [4.69, 9.17) is 0 Å².